The minimum Gasteiger partial charge on any atom is -0.423 e. The molecule has 0 fully saturated rings. The molecule has 0 atom stereocenters. The van der Waals surface area contributed by atoms with Crippen LogP contribution < -0.4 is 15.2 Å². The van der Waals surface area contributed by atoms with Crippen LogP contribution in [0.25, 0.3) is 21.7 Å². The molecular weight excluding hydrogens is 416 g/mol. The maximum atomic E-state index is 13.2. The van der Waals surface area contributed by atoms with E-state index < -0.39 is 15.6 Å². The molecule has 1 aromatic heterocycles. The van der Waals surface area contributed by atoms with Crippen LogP contribution in [-0.4, -0.2) is 29.6 Å². The van der Waals surface area contributed by atoms with Crippen molar-refractivity contribution in [2.24, 2.45) is 0 Å². The van der Waals surface area contributed by atoms with E-state index >= 15 is 0 Å². The summed E-state index contributed by atoms with van der Waals surface area (Å²) in [4.78, 5) is 14.0. The molecule has 1 N–H and O–H groups in total. The molecular formula is C23H22N2O5S. The van der Waals surface area contributed by atoms with Crippen LogP contribution in [0.4, 0.5) is 11.4 Å². The van der Waals surface area contributed by atoms with Crippen molar-refractivity contribution >= 4 is 43.1 Å². The Morgan fingerprint density at radius 1 is 0.968 bits per heavy atom. The Kier molecular flexibility index (Phi) is 5.43. The van der Waals surface area contributed by atoms with E-state index in [0.717, 1.165) is 11.1 Å². The van der Waals surface area contributed by atoms with Crippen molar-refractivity contribution in [2.75, 3.05) is 30.8 Å². The lowest BCUT2D eigenvalue weighted by Crippen LogP contribution is -2.14. The van der Waals surface area contributed by atoms with E-state index in [1.807, 2.05) is 37.2 Å². The fourth-order valence-corrected chi connectivity index (χ4v) is 4.94. The van der Waals surface area contributed by atoms with Crippen LogP contribution in [-0.2, 0) is 21.4 Å². The van der Waals surface area contributed by atoms with E-state index in [4.69, 9.17) is 9.15 Å². The number of hydrogen-bond donors (Lipinski definition) is 1. The molecule has 31 heavy (non-hydrogen) atoms. The number of ether oxygens (including phenoxy) is 1. The predicted octanol–water partition coefficient (Wildman–Crippen LogP) is 3.96. The second kappa shape index (κ2) is 8.05. The van der Waals surface area contributed by atoms with Gasteiger partial charge >= 0.3 is 5.63 Å². The van der Waals surface area contributed by atoms with E-state index in [-0.39, 0.29) is 17.1 Å². The van der Waals surface area contributed by atoms with Gasteiger partial charge in [-0.25, -0.2) is 13.2 Å². The van der Waals surface area contributed by atoms with Gasteiger partial charge in [0.25, 0.3) is 10.0 Å². The number of rotatable bonds is 6. The third kappa shape index (κ3) is 3.99. The van der Waals surface area contributed by atoms with E-state index in [2.05, 4.69) is 4.72 Å². The van der Waals surface area contributed by atoms with Gasteiger partial charge in [-0.05, 0) is 29.8 Å². The van der Waals surface area contributed by atoms with Gasteiger partial charge in [-0.3, -0.25) is 4.72 Å². The van der Waals surface area contributed by atoms with Crippen LogP contribution >= 0.6 is 0 Å². The van der Waals surface area contributed by atoms with Crippen LogP contribution in [0.15, 0.2) is 74.8 Å². The highest BCUT2D eigenvalue weighted by Gasteiger charge is 2.19. The first kappa shape index (κ1) is 20.9. The van der Waals surface area contributed by atoms with Gasteiger partial charge in [-0.2, -0.15) is 0 Å². The number of fused-ring (bicyclic) bond motifs is 2. The molecule has 0 aliphatic carbocycles. The number of anilines is 2. The van der Waals surface area contributed by atoms with Gasteiger partial charge in [-0.15, -0.1) is 0 Å². The van der Waals surface area contributed by atoms with Crippen LogP contribution in [0, 0.1) is 0 Å². The average molecular weight is 439 g/mol. The zero-order valence-electron chi connectivity index (χ0n) is 17.4. The van der Waals surface area contributed by atoms with E-state index in [0.29, 0.717) is 22.0 Å². The summed E-state index contributed by atoms with van der Waals surface area (Å²) in [5, 5.41) is 2.14. The van der Waals surface area contributed by atoms with Crippen LogP contribution in [0.5, 0.6) is 0 Å². The smallest absolute Gasteiger partial charge is 0.336 e. The summed E-state index contributed by atoms with van der Waals surface area (Å²) in [5.74, 6) is 0. The maximum Gasteiger partial charge on any atom is 0.336 e. The Morgan fingerprint density at radius 2 is 1.71 bits per heavy atom. The zero-order valence-corrected chi connectivity index (χ0v) is 18.2. The molecule has 0 aliphatic rings. The quantitative estimate of drug-likeness (QED) is 0.459. The van der Waals surface area contributed by atoms with Gasteiger partial charge in [0, 0.05) is 55.2 Å². The standard InChI is InChI=1S/C23H22N2O5S/c1-25(2)20-8-4-7-19-18(20)6-5-9-22(19)31(27,28)24-16-10-11-17-15(14-29-3)12-23(26)30-21(17)13-16/h4-13,24H,14H2,1-3H3. The molecule has 0 amide bonds. The molecule has 8 heteroatoms. The SMILES string of the molecule is COCc1cc(=O)oc2cc(NS(=O)(=O)c3cccc4c(N(C)C)cccc34)ccc12. The van der Waals surface area contributed by atoms with Crippen molar-refractivity contribution in [3.05, 3.63) is 76.6 Å². The molecule has 0 spiro atoms. The number of hydrogen-bond acceptors (Lipinski definition) is 6. The lowest BCUT2D eigenvalue weighted by atomic mass is 10.1. The van der Waals surface area contributed by atoms with Crippen molar-refractivity contribution in [3.63, 3.8) is 0 Å². The highest BCUT2D eigenvalue weighted by molar-refractivity contribution is 7.93. The number of sulfonamides is 1. The Bertz CT molecular complexity index is 1440. The summed E-state index contributed by atoms with van der Waals surface area (Å²) >= 11 is 0. The topological polar surface area (TPSA) is 88.8 Å². The van der Waals surface area contributed by atoms with Crippen molar-refractivity contribution in [1.82, 2.24) is 0 Å². The molecule has 3 aromatic carbocycles. The van der Waals surface area contributed by atoms with Gasteiger partial charge in [0.15, 0.2) is 0 Å². The van der Waals surface area contributed by atoms with Crippen LogP contribution in [0.3, 0.4) is 0 Å². The zero-order chi connectivity index (χ0) is 22.2. The second-order valence-electron chi connectivity index (χ2n) is 7.36. The lowest BCUT2D eigenvalue weighted by molar-refractivity contribution is 0.185. The van der Waals surface area contributed by atoms with Gasteiger partial charge < -0.3 is 14.1 Å². The molecule has 0 saturated heterocycles. The summed E-state index contributed by atoms with van der Waals surface area (Å²) in [6, 6.07) is 17.0. The molecule has 1 heterocycles. The molecule has 0 radical (unpaired) electrons. The van der Waals surface area contributed by atoms with E-state index in [1.165, 1.54) is 19.2 Å². The number of methoxy groups -OCH3 is 1. The number of nitrogens with one attached hydrogen (secondary N) is 1. The summed E-state index contributed by atoms with van der Waals surface area (Å²) in [7, 11) is 1.47. The van der Waals surface area contributed by atoms with Gasteiger partial charge in [0.05, 0.1) is 17.2 Å². The van der Waals surface area contributed by atoms with Gasteiger partial charge in [0.1, 0.15) is 5.58 Å². The highest BCUT2D eigenvalue weighted by atomic mass is 32.2. The second-order valence-corrected chi connectivity index (χ2v) is 9.01. The third-order valence-electron chi connectivity index (χ3n) is 5.01. The minimum absolute atomic E-state index is 0.170. The normalized spacial score (nSPS) is 11.7. The molecule has 0 unspecified atom stereocenters. The summed E-state index contributed by atoms with van der Waals surface area (Å²) in [5.41, 5.74) is 1.66. The summed E-state index contributed by atoms with van der Waals surface area (Å²) in [6.07, 6.45) is 0. The third-order valence-corrected chi connectivity index (χ3v) is 6.45. The fourth-order valence-electron chi connectivity index (χ4n) is 3.67. The summed E-state index contributed by atoms with van der Waals surface area (Å²) in [6.45, 7) is 0.247. The predicted molar refractivity (Wildman–Crippen MR) is 122 cm³/mol. The van der Waals surface area contributed by atoms with Gasteiger partial charge in [0.2, 0.25) is 0 Å². The average Bonchev–Trinajstić information content (AvgIpc) is 2.72. The Balaban J connectivity index is 1.78. The van der Waals surface area contributed by atoms with Crippen molar-refractivity contribution < 1.29 is 17.6 Å². The van der Waals surface area contributed by atoms with E-state index in [9.17, 15) is 13.2 Å². The first-order chi connectivity index (χ1) is 14.8. The molecule has 4 aromatic rings. The Morgan fingerprint density at radius 3 is 2.45 bits per heavy atom. The molecule has 0 aliphatic heterocycles. The maximum absolute atomic E-state index is 13.2. The summed E-state index contributed by atoms with van der Waals surface area (Å²) < 4.78 is 39.5. The van der Waals surface area contributed by atoms with Crippen LogP contribution in [0.1, 0.15) is 5.56 Å². The number of benzene rings is 3. The lowest BCUT2D eigenvalue weighted by Gasteiger charge is -2.17. The van der Waals surface area contributed by atoms with Crippen molar-refractivity contribution in [3.8, 4) is 0 Å². The minimum atomic E-state index is -3.89. The fraction of sp³-hybridized carbons (Fsp3) is 0.174. The van der Waals surface area contributed by atoms with E-state index in [1.54, 1.807) is 30.3 Å². The molecule has 0 saturated carbocycles. The van der Waals surface area contributed by atoms with Crippen molar-refractivity contribution in [2.45, 2.75) is 11.5 Å². The Hall–Kier alpha value is -3.36. The molecule has 7 nitrogen and oxygen atoms in total. The molecule has 160 valence electrons. The first-order valence-corrected chi connectivity index (χ1v) is 11.1. The monoisotopic (exact) mass is 438 g/mol. The number of nitrogens with zero attached hydrogens (tertiary/aromatic N) is 1. The first-order valence-electron chi connectivity index (χ1n) is 9.58. The molecule has 0 bridgehead atoms. The van der Waals surface area contributed by atoms with Gasteiger partial charge in [-0.1, -0.05) is 24.3 Å². The highest BCUT2D eigenvalue weighted by Crippen LogP contribution is 2.31. The largest absolute Gasteiger partial charge is 0.423 e. The Labute approximate surface area is 179 Å². The van der Waals surface area contributed by atoms with Crippen LogP contribution in [0.2, 0.25) is 0 Å². The van der Waals surface area contributed by atoms with Crippen molar-refractivity contribution in [1.29, 1.82) is 0 Å². The molecule has 4 rings (SSSR count).